The normalized spacial score (nSPS) is 11.0. The highest BCUT2D eigenvalue weighted by molar-refractivity contribution is 5.90. The number of benzene rings is 11. The van der Waals surface area contributed by atoms with E-state index >= 15 is 0 Å². The Labute approximate surface area is 394 Å². The van der Waals surface area contributed by atoms with E-state index in [0.29, 0.717) is 0 Å². The smallest absolute Gasteiger partial charge is 0.0462 e. The van der Waals surface area contributed by atoms with Crippen LogP contribution in [-0.4, -0.2) is 0 Å². The van der Waals surface area contributed by atoms with Crippen molar-refractivity contribution in [1.29, 1.82) is 0 Å². The molecule has 0 unspecified atom stereocenters. The monoisotopic (exact) mass is 853 g/mol. The molecule has 0 aliphatic heterocycles. The Hall–Kier alpha value is -8.78. The molecule has 0 radical (unpaired) electrons. The van der Waals surface area contributed by atoms with E-state index in [0.717, 1.165) is 28.2 Å². The predicted octanol–water partition coefficient (Wildman–Crippen LogP) is 18.5. The highest BCUT2D eigenvalue weighted by atomic mass is 15.1. The lowest BCUT2D eigenvalue weighted by Gasteiger charge is -2.26. The molecule has 0 spiro atoms. The van der Waals surface area contributed by atoms with Crippen molar-refractivity contribution in [3.05, 3.63) is 285 Å². The van der Waals surface area contributed by atoms with Gasteiger partial charge in [0.25, 0.3) is 0 Å². The van der Waals surface area contributed by atoms with Crippen LogP contribution in [0.3, 0.4) is 0 Å². The van der Waals surface area contributed by atoms with Gasteiger partial charge in [-0.1, -0.05) is 237 Å². The van der Waals surface area contributed by atoms with Crippen molar-refractivity contribution >= 4 is 17.1 Å². The molecule has 11 rings (SSSR count). The summed E-state index contributed by atoms with van der Waals surface area (Å²) in [7, 11) is 0. The predicted molar refractivity (Wildman–Crippen MR) is 285 cm³/mol. The average molecular weight is 854 g/mol. The Morgan fingerprint density at radius 1 is 0.149 bits per heavy atom. The maximum atomic E-state index is 2.37. The van der Waals surface area contributed by atoms with Crippen LogP contribution >= 0.6 is 0 Å². The number of hydrogen-bond acceptors (Lipinski definition) is 1. The lowest BCUT2D eigenvalue weighted by molar-refractivity contribution is 1.28. The molecule has 0 fully saturated rings. The molecule has 316 valence electrons. The summed E-state index contributed by atoms with van der Waals surface area (Å²) >= 11 is 0. The molecule has 0 amide bonds. The maximum Gasteiger partial charge on any atom is 0.0462 e. The lowest BCUT2D eigenvalue weighted by atomic mass is 9.90. The minimum Gasteiger partial charge on any atom is -0.311 e. The molecule has 0 heterocycles. The first-order chi connectivity index (χ1) is 33.2. The van der Waals surface area contributed by atoms with Crippen LogP contribution in [0.2, 0.25) is 0 Å². The van der Waals surface area contributed by atoms with Gasteiger partial charge in [-0.05, 0) is 138 Å². The van der Waals surface area contributed by atoms with E-state index in [1.54, 1.807) is 0 Å². The maximum absolute atomic E-state index is 2.37. The lowest BCUT2D eigenvalue weighted by Crippen LogP contribution is -2.09. The van der Waals surface area contributed by atoms with E-state index in [9.17, 15) is 0 Å². The molecule has 1 nitrogen and oxygen atoms in total. The van der Waals surface area contributed by atoms with Gasteiger partial charge in [-0.3, -0.25) is 0 Å². The fourth-order valence-corrected chi connectivity index (χ4v) is 9.24. The largest absolute Gasteiger partial charge is 0.311 e. The van der Waals surface area contributed by atoms with E-state index in [1.807, 2.05) is 0 Å². The van der Waals surface area contributed by atoms with Gasteiger partial charge in [0.05, 0.1) is 0 Å². The highest BCUT2D eigenvalue weighted by Gasteiger charge is 2.17. The molecule has 0 atom stereocenters. The zero-order chi connectivity index (χ0) is 44.8. The van der Waals surface area contributed by atoms with Gasteiger partial charge >= 0.3 is 0 Å². The minimum atomic E-state index is 1.08. The van der Waals surface area contributed by atoms with E-state index < -0.39 is 0 Å². The van der Waals surface area contributed by atoms with E-state index in [1.165, 1.54) is 77.9 Å². The Morgan fingerprint density at radius 3 is 0.672 bits per heavy atom. The summed E-state index contributed by atoms with van der Waals surface area (Å²) < 4.78 is 0. The fraction of sp³-hybridized carbons (Fsp3) is 0. The van der Waals surface area contributed by atoms with Gasteiger partial charge in [-0.15, -0.1) is 0 Å². The van der Waals surface area contributed by atoms with Gasteiger partial charge in [0.15, 0.2) is 0 Å². The zero-order valence-electron chi connectivity index (χ0n) is 37.1. The van der Waals surface area contributed by atoms with Gasteiger partial charge in [0.1, 0.15) is 0 Å². The molecular weight excluding hydrogens is 807 g/mol. The van der Waals surface area contributed by atoms with Gasteiger partial charge in [0.2, 0.25) is 0 Å². The third-order valence-electron chi connectivity index (χ3n) is 12.7. The van der Waals surface area contributed by atoms with Crippen molar-refractivity contribution in [2.24, 2.45) is 0 Å². The molecule has 0 aromatic heterocycles. The van der Waals surface area contributed by atoms with Crippen LogP contribution in [0, 0.1) is 0 Å². The topological polar surface area (TPSA) is 3.24 Å². The molecule has 0 aliphatic carbocycles. The fourth-order valence-electron chi connectivity index (χ4n) is 9.24. The van der Waals surface area contributed by atoms with Crippen molar-refractivity contribution < 1.29 is 0 Å². The summed E-state index contributed by atoms with van der Waals surface area (Å²) in [6, 6.07) is 103. The second-order valence-corrected chi connectivity index (χ2v) is 16.9. The van der Waals surface area contributed by atoms with Gasteiger partial charge in [0, 0.05) is 17.1 Å². The van der Waals surface area contributed by atoms with E-state index in [2.05, 4.69) is 290 Å². The highest BCUT2D eigenvalue weighted by Crippen LogP contribution is 2.42. The standard InChI is InChI=1S/C66H47N/c1-6-16-48(17-7-1)51-26-28-52(29-27-51)53-30-38-60(39-31-53)67(61-40-32-56(33-41-61)65-46-58(49-18-8-2-9-19-49)36-44-63(65)54-22-12-4-13-23-54)62-42-34-57(35-43-62)66-47-59(50-20-10-3-11-21-50)37-45-64(66)55-24-14-5-15-25-55/h1-47H. The summed E-state index contributed by atoms with van der Waals surface area (Å²) in [4.78, 5) is 2.37. The molecule has 11 aromatic rings. The first-order valence-electron chi connectivity index (χ1n) is 23.0. The SMILES string of the molecule is c1ccc(-c2ccc(-c3ccc(N(c4ccc(-c5cc(-c6ccccc6)ccc5-c5ccccc5)cc4)c4ccc(-c5cc(-c6ccccc6)ccc5-c5ccccc5)cc4)cc3)cc2)cc1. The van der Waals surface area contributed by atoms with Crippen LogP contribution in [0.25, 0.3) is 89.0 Å². The average Bonchev–Trinajstić information content (AvgIpc) is 3.42. The van der Waals surface area contributed by atoms with Crippen LogP contribution in [0.5, 0.6) is 0 Å². The van der Waals surface area contributed by atoms with E-state index in [4.69, 9.17) is 0 Å². The first-order valence-corrected chi connectivity index (χ1v) is 23.0. The molecule has 11 aromatic carbocycles. The molecule has 67 heavy (non-hydrogen) atoms. The Kier molecular flexibility index (Phi) is 11.5. The Balaban J connectivity index is 0.991. The van der Waals surface area contributed by atoms with Crippen LogP contribution in [0.15, 0.2) is 285 Å². The third-order valence-corrected chi connectivity index (χ3v) is 12.7. The second kappa shape index (κ2) is 18.7. The Bertz CT molecular complexity index is 3190. The van der Waals surface area contributed by atoms with Gasteiger partial charge < -0.3 is 4.90 Å². The quantitative estimate of drug-likeness (QED) is 0.125. The molecule has 0 bridgehead atoms. The van der Waals surface area contributed by atoms with E-state index in [-0.39, 0.29) is 0 Å². The third kappa shape index (κ3) is 8.75. The number of nitrogens with zero attached hydrogens (tertiary/aromatic N) is 1. The summed E-state index contributed by atoms with van der Waals surface area (Å²) in [5, 5.41) is 0. The summed E-state index contributed by atoms with van der Waals surface area (Å²) in [5.74, 6) is 0. The molecule has 0 N–H and O–H groups in total. The van der Waals surface area contributed by atoms with Crippen molar-refractivity contribution in [1.82, 2.24) is 0 Å². The zero-order valence-corrected chi connectivity index (χ0v) is 37.1. The van der Waals surface area contributed by atoms with Crippen molar-refractivity contribution in [2.75, 3.05) is 4.90 Å². The van der Waals surface area contributed by atoms with Crippen molar-refractivity contribution in [2.45, 2.75) is 0 Å². The van der Waals surface area contributed by atoms with Crippen LogP contribution in [0.4, 0.5) is 17.1 Å². The first kappa shape index (κ1) is 41.0. The number of rotatable bonds is 11. The van der Waals surface area contributed by atoms with Crippen LogP contribution in [0.1, 0.15) is 0 Å². The summed E-state index contributed by atoms with van der Waals surface area (Å²) in [6.45, 7) is 0. The molecular formula is C66H47N. The summed E-state index contributed by atoms with van der Waals surface area (Å²) in [5.41, 5.74) is 22.4. The molecule has 1 heteroatoms. The molecule has 0 saturated carbocycles. The number of hydrogen-bond donors (Lipinski definition) is 0. The van der Waals surface area contributed by atoms with Crippen molar-refractivity contribution in [3.63, 3.8) is 0 Å². The van der Waals surface area contributed by atoms with Gasteiger partial charge in [-0.25, -0.2) is 0 Å². The van der Waals surface area contributed by atoms with Crippen LogP contribution < -0.4 is 4.90 Å². The molecule has 0 aliphatic rings. The van der Waals surface area contributed by atoms with Crippen molar-refractivity contribution in [3.8, 4) is 89.0 Å². The minimum absolute atomic E-state index is 1.08. The van der Waals surface area contributed by atoms with Gasteiger partial charge in [-0.2, -0.15) is 0 Å². The molecule has 0 saturated heterocycles. The van der Waals surface area contributed by atoms with Crippen LogP contribution in [-0.2, 0) is 0 Å². The second-order valence-electron chi connectivity index (χ2n) is 16.9. The number of anilines is 3. The Morgan fingerprint density at radius 2 is 0.358 bits per heavy atom. The summed E-state index contributed by atoms with van der Waals surface area (Å²) in [6.07, 6.45) is 0.